The Morgan fingerprint density at radius 1 is 1.44 bits per heavy atom. The first-order valence-electron chi connectivity index (χ1n) is 5.36. The second-order valence-electron chi connectivity index (χ2n) is 4.12. The van der Waals surface area contributed by atoms with Gasteiger partial charge in [0.15, 0.2) is 0 Å². The second-order valence-corrected chi connectivity index (χ2v) is 4.12. The fourth-order valence-corrected chi connectivity index (χ4v) is 1.87. The van der Waals surface area contributed by atoms with Crippen LogP contribution in [0, 0.1) is 13.8 Å². The summed E-state index contributed by atoms with van der Waals surface area (Å²) < 4.78 is 43.6. The Morgan fingerprint density at radius 3 is 2.44 bits per heavy atom. The van der Waals surface area contributed by atoms with Crippen LogP contribution in [0.2, 0.25) is 0 Å². The summed E-state index contributed by atoms with van der Waals surface area (Å²) in [6.45, 7) is 4.90. The number of nitrogens with zero attached hydrogens (tertiary/aromatic N) is 2. The molecule has 1 rings (SSSR count). The number of Topliss-reactive ketones (excluding diaryl/α,β-unsaturated/α-hetero) is 1. The molecule has 0 aliphatic carbocycles. The van der Waals surface area contributed by atoms with Gasteiger partial charge in [-0.2, -0.15) is 18.3 Å². The highest BCUT2D eigenvalue weighted by atomic mass is 19.4. The molecule has 7 heteroatoms. The zero-order chi connectivity index (χ0) is 14.1. The lowest BCUT2D eigenvalue weighted by Gasteiger charge is -2.13. The number of hydrogen-bond acceptors (Lipinski definition) is 3. The molecular weight excluding hydrogens is 249 g/mol. The highest BCUT2D eigenvalue weighted by Crippen LogP contribution is 2.26. The molecule has 1 heterocycles. The van der Waals surface area contributed by atoms with E-state index >= 15 is 0 Å². The third kappa shape index (κ3) is 2.72. The van der Waals surface area contributed by atoms with Crippen LogP contribution in [-0.4, -0.2) is 35.5 Å². The van der Waals surface area contributed by atoms with Crippen molar-refractivity contribution in [1.82, 2.24) is 9.78 Å². The van der Waals surface area contributed by atoms with Gasteiger partial charge < -0.3 is 4.74 Å². The number of aryl methyl sites for hydroxylation is 1. The number of methoxy groups -OCH3 is 1. The molecule has 0 aromatic carbocycles. The number of hydrogen-bond donors (Lipinski definition) is 0. The van der Waals surface area contributed by atoms with Crippen molar-refractivity contribution in [1.29, 1.82) is 0 Å². The molecule has 1 aromatic heterocycles. The number of halogens is 3. The minimum atomic E-state index is -4.88. The SMILES string of the molecule is COCC(C)n1nc(C)c(C(=O)C(F)(F)F)c1C. The molecule has 0 aliphatic rings. The Bertz CT molecular complexity index is 452. The van der Waals surface area contributed by atoms with Crippen molar-refractivity contribution in [3.8, 4) is 0 Å². The molecule has 0 radical (unpaired) electrons. The van der Waals surface area contributed by atoms with E-state index in [0.29, 0.717) is 6.61 Å². The molecule has 0 N–H and O–H groups in total. The molecule has 1 atom stereocenters. The first-order valence-corrected chi connectivity index (χ1v) is 5.36. The van der Waals surface area contributed by atoms with Gasteiger partial charge in [-0.05, 0) is 20.8 Å². The molecule has 0 amide bonds. The van der Waals surface area contributed by atoms with Gasteiger partial charge in [0.25, 0.3) is 5.78 Å². The maximum Gasteiger partial charge on any atom is 0.455 e. The summed E-state index contributed by atoms with van der Waals surface area (Å²) in [7, 11) is 1.49. The zero-order valence-corrected chi connectivity index (χ0v) is 10.6. The van der Waals surface area contributed by atoms with Crippen molar-refractivity contribution in [3.63, 3.8) is 0 Å². The van der Waals surface area contributed by atoms with Gasteiger partial charge in [-0.25, -0.2) is 0 Å². The van der Waals surface area contributed by atoms with Gasteiger partial charge in [0, 0.05) is 12.8 Å². The van der Waals surface area contributed by atoms with Gasteiger partial charge >= 0.3 is 6.18 Å². The predicted octanol–water partition coefficient (Wildman–Crippen LogP) is 2.45. The number of carbonyl (C=O) groups is 1. The minimum Gasteiger partial charge on any atom is -0.382 e. The Hall–Kier alpha value is -1.37. The Kier molecular flexibility index (Phi) is 4.16. The first kappa shape index (κ1) is 14.7. The summed E-state index contributed by atoms with van der Waals surface area (Å²) in [6, 6.07) is -0.233. The van der Waals surface area contributed by atoms with Crippen LogP contribution < -0.4 is 0 Å². The average molecular weight is 264 g/mol. The van der Waals surface area contributed by atoms with E-state index in [1.165, 1.54) is 25.6 Å². The van der Waals surface area contributed by atoms with Crippen LogP contribution in [0.15, 0.2) is 0 Å². The second kappa shape index (κ2) is 5.09. The molecule has 0 spiro atoms. The smallest absolute Gasteiger partial charge is 0.382 e. The molecule has 0 saturated heterocycles. The number of ketones is 1. The van der Waals surface area contributed by atoms with E-state index < -0.39 is 12.0 Å². The Labute approximate surface area is 103 Å². The quantitative estimate of drug-likeness (QED) is 0.785. The highest BCUT2D eigenvalue weighted by molar-refractivity contribution is 6.02. The largest absolute Gasteiger partial charge is 0.455 e. The summed E-state index contributed by atoms with van der Waals surface area (Å²) in [5.41, 5.74) is -0.0809. The number of carbonyl (C=O) groups excluding carboxylic acids is 1. The minimum absolute atomic E-state index is 0.0813. The zero-order valence-electron chi connectivity index (χ0n) is 10.6. The summed E-state index contributed by atoms with van der Waals surface area (Å²) in [5, 5.41) is 3.98. The topological polar surface area (TPSA) is 44.1 Å². The highest BCUT2D eigenvalue weighted by Gasteiger charge is 2.42. The lowest BCUT2D eigenvalue weighted by atomic mass is 10.1. The van der Waals surface area contributed by atoms with E-state index in [-0.39, 0.29) is 23.0 Å². The molecule has 18 heavy (non-hydrogen) atoms. The number of aromatic nitrogens is 2. The molecule has 1 unspecified atom stereocenters. The molecule has 0 bridgehead atoms. The van der Waals surface area contributed by atoms with E-state index in [4.69, 9.17) is 4.74 Å². The van der Waals surface area contributed by atoms with Crippen molar-refractivity contribution in [2.75, 3.05) is 13.7 Å². The lowest BCUT2D eigenvalue weighted by molar-refractivity contribution is -0.0886. The third-order valence-corrected chi connectivity index (χ3v) is 2.63. The van der Waals surface area contributed by atoms with Crippen LogP contribution in [0.1, 0.15) is 34.7 Å². The summed E-state index contributed by atoms with van der Waals surface area (Å²) in [6.07, 6.45) is -4.88. The van der Waals surface area contributed by atoms with Crippen molar-refractivity contribution in [2.24, 2.45) is 0 Å². The molecule has 102 valence electrons. The predicted molar refractivity (Wildman–Crippen MR) is 58.7 cm³/mol. The summed E-state index contributed by atoms with van der Waals surface area (Å²) in [4.78, 5) is 11.3. The lowest BCUT2D eigenvalue weighted by Crippen LogP contribution is -2.24. The first-order chi connectivity index (χ1) is 8.20. The van der Waals surface area contributed by atoms with Gasteiger partial charge in [-0.3, -0.25) is 9.48 Å². The van der Waals surface area contributed by atoms with Gasteiger partial charge in [0.05, 0.1) is 23.9 Å². The fourth-order valence-electron chi connectivity index (χ4n) is 1.87. The summed E-state index contributed by atoms with van der Waals surface area (Å²) >= 11 is 0. The van der Waals surface area contributed by atoms with Crippen LogP contribution in [0.3, 0.4) is 0 Å². The number of alkyl halides is 3. The van der Waals surface area contributed by atoms with E-state index in [0.717, 1.165) is 0 Å². The molecule has 1 aromatic rings. The fraction of sp³-hybridized carbons (Fsp3) is 0.636. The van der Waals surface area contributed by atoms with E-state index in [1.807, 2.05) is 0 Å². The van der Waals surface area contributed by atoms with Gasteiger partial charge in [-0.15, -0.1) is 0 Å². The van der Waals surface area contributed by atoms with Crippen molar-refractivity contribution >= 4 is 5.78 Å². The monoisotopic (exact) mass is 264 g/mol. The third-order valence-electron chi connectivity index (χ3n) is 2.63. The number of rotatable bonds is 4. The molecule has 0 fully saturated rings. The average Bonchev–Trinajstić information content (AvgIpc) is 2.52. The van der Waals surface area contributed by atoms with Crippen LogP contribution in [0.25, 0.3) is 0 Å². The van der Waals surface area contributed by atoms with Crippen molar-refractivity contribution in [3.05, 3.63) is 17.0 Å². The van der Waals surface area contributed by atoms with E-state index in [2.05, 4.69) is 5.10 Å². The number of ether oxygens (including phenoxy) is 1. The standard InChI is InChI=1S/C11H15F3N2O2/c1-6(5-18-4)16-8(3)9(7(2)15-16)10(17)11(12,13)14/h6H,5H2,1-4H3. The van der Waals surface area contributed by atoms with Crippen LogP contribution in [0.5, 0.6) is 0 Å². The summed E-state index contributed by atoms with van der Waals surface area (Å²) in [5.74, 6) is -1.85. The maximum atomic E-state index is 12.4. The molecular formula is C11H15F3N2O2. The molecule has 0 saturated carbocycles. The maximum absolute atomic E-state index is 12.4. The van der Waals surface area contributed by atoms with Crippen molar-refractivity contribution in [2.45, 2.75) is 33.0 Å². The van der Waals surface area contributed by atoms with Crippen molar-refractivity contribution < 1.29 is 22.7 Å². The van der Waals surface area contributed by atoms with Crippen LogP contribution in [0.4, 0.5) is 13.2 Å². The van der Waals surface area contributed by atoms with E-state index in [1.54, 1.807) is 6.92 Å². The van der Waals surface area contributed by atoms with Crippen LogP contribution >= 0.6 is 0 Å². The Morgan fingerprint density at radius 2 is 2.00 bits per heavy atom. The van der Waals surface area contributed by atoms with Gasteiger partial charge in [0.2, 0.25) is 0 Å². The Balaban J connectivity index is 3.20. The van der Waals surface area contributed by atoms with Gasteiger partial charge in [0.1, 0.15) is 0 Å². The molecule has 4 nitrogen and oxygen atoms in total. The van der Waals surface area contributed by atoms with Crippen LogP contribution in [-0.2, 0) is 4.74 Å². The van der Waals surface area contributed by atoms with Gasteiger partial charge in [-0.1, -0.05) is 0 Å². The molecule has 0 aliphatic heterocycles. The van der Waals surface area contributed by atoms with E-state index in [9.17, 15) is 18.0 Å². The normalized spacial score (nSPS) is 13.7.